The van der Waals surface area contributed by atoms with Crippen LogP contribution in [0.3, 0.4) is 0 Å². The number of carbonyl (C=O) groups excluding carboxylic acids is 3. The Hall–Kier alpha value is -3.16. The van der Waals surface area contributed by atoms with E-state index < -0.39 is 84.6 Å². The Morgan fingerprint density at radius 3 is 2.45 bits per heavy atom. The number of carbonyl (C=O) groups is 3. The largest absolute Gasteiger partial charge is 0.481 e. The number of imidazole rings is 1. The lowest BCUT2D eigenvalue weighted by molar-refractivity contribution is -0.137. The molecule has 0 radical (unpaired) electrons. The smallest absolute Gasteiger partial charge is 0.460 e. The lowest BCUT2D eigenvalue weighted by Crippen LogP contribution is -2.46. The zero-order valence-electron chi connectivity index (χ0n) is 28.7. The average Bonchev–Trinajstić information content (AvgIpc) is 3.84. The van der Waals surface area contributed by atoms with Gasteiger partial charge in [0, 0.05) is 30.7 Å². The summed E-state index contributed by atoms with van der Waals surface area (Å²) in [5.41, 5.74) is 4.24. The molecule has 25 nitrogen and oxygen atoms in total. The van der Waals surface area contributed by atoms with E-state index in [-0.39, 0.29) is 53.1 Å². The number of ether oxygens (including phenoxy) is 1. The Morgan fingerprint density at radius 2 is 1.78 bits per heavy atom. The molecule has 10 N–H and O–H groups in total. The number of nitrogens with one attached hydrogen (secondary N) is 2. The SMILES string of the molecule is CC(C)(COP(=O)(O)OP(=O)(O)OC[C@H]1O[C@@H](n2cnc3c(N)ncnc32)[C@H](O)[C@@H]1OP(=O)(O)O)C(O)C(=O)NCCC(=O)NCCSC(=O)c1ccco1. The normalized spacial score (nSPS) is 21.8. The van der Waals surface area contributed by atoms with Gasteiger partial charge in [0.05, 0.1) is 25.8 Å². The molecule has 55 heavy (non-hydrogen) atoms. The molecular weight excluding hydrogens is 823 g/mol. The molecule has 3 aromatic heterocycles. The van der Waals surface area contributed by atoms with Crippen LogP contribution in [0.2, 0.25) is 0 Å². The van der Waals surface area contributed by atoms with Crippen molar-refractivity contribution in [2.45, 2.75) is 50.9 Å². The number of nitrogen functional groups attached to an aromatic ring is 1. The highest BCUT2D eigenvalue weighted by atomic mass is 32.2. The van der Waals surface area contributed by atoms with Crippen LogP contribution in [0.4, 0.5) is 5.82 Å². The number of hydrogen-bond acceptors (Lipinski definition) is 19. The van der Waals surface area contributed by atoms with Crippen molar-refractivity contribution in [1.29, 1.82) is 0 Å². The number of thioether (sulfide) groups is 1. The van der Waals surface area contributed by atoms with E-state index in [2.05, 4.69) is 34.4 Å². The third kappa shape index (κ3) is 12.7. The molecule has 306 valence electrons. The summed E-state index contributed by atoms with van der Waals surface area (Å²) in [6, 6.07) is 3.07. The predicted octanol–water partition coefficient (Wildman–Crippen LogP) is -0.428. The van der Waals surface area contributed by atoms with Crippen molar-refractivity contribution in [2.24, 2.45) is 5.41 Å². The minimum absolute atomic E-state index is 0.0274. The Morgan fingerprint density at radius 1 is 1.07 bits per heavy atom. The van der Waals surface area contributed by atoms with E-state index in [9.17, 15) is 57.9 Å². The Kier molecular flexibility index (Phi) is 14.9. The average molecular weight is 862 g/mol. The summed E-state index contributed by atoms with van der Waals surface area (Å²) in [4.78, 5) is 87.3. The lowest BCUT2D eigenvalue weighted by atomic mass is 9.87. The van der Waals surface area contributed by atoms with Crippen molar-refractivity contribution in [3.63, 3.8) is 0 Å². The van der Waals surface area contributed by atoms with E-state index in [4.69, 9.17) is 23.9 Å². The van der Waals surface area contributed by atoms with Crippen LogP contribution >= 0.6 is 35.2 Å². The first-order chi connectivity index (χ1) is 25.6. The highest BCUT2D eigenvalue weighted by molar-refractivity contribution is 8.14. The standard InChI is InChI=1S/C26H38N7O18P3S/c1-26(2,20(36)23(37)29-6-5-16(34)28-7-9-55-25(38)14-4-3-8-46-14)11-48-54(44,45)51-53(42,43)47-10-15-19(50-52(39,40)41)18(35)24(49-15)33-13-32-17-21(27)30-12-31-22(17)33/h3-4,8,12-13,15,18-20,24,35-36H,5-7,9-11H2,1-2H3,(H,28,34)(H,29,37)(H,42,43)(H,44,45)(H2,27,30,31)(H2,39,40,41)/t15-,18-,19-,20?,24-/m1/s1. The summed E-state index contributed by atoms with van der Waals surface area (Å²) >= 11 is 0.934. The summed E-state index contributed by atoms with van der Waals surface area (Å²) in [6.45, 7) is 0.382. The van der Waals surface area contributed by atoms with Gasteiger partial charge in [-0.05, 0) is 12.1 Å². The van der Waals surface area contributed by atoms with Gasteiger partial charge in [0.25, 0.3) is 5.12 Å². The van der Waals surface area contributed by atoms with Crippen molar-refractivity contribution in [3.05, 3.63) is 36.8 Å². The Bertz CT molecular complexity index is 1960. The Labute approximate surface area is 314 Å². The molecule has 0 bridgehead atoms. The molecule has 0 aromatic carbocycles. The maximum Gasteiger partial charge on any atom is 0.481 e. The molecule has 3 aromatic rings. The number of hydrogen-bond donors (Lipinski definition) is 9. The molecule has 1 aliphatic rings. The number of rotatable bonds is 20. The lowest BCUT2D eigenvalue weighted by Gasteiger charge is -2.30. The zero-order chi connectivity index (χ0) is 40.8. The number of phosphoric acid groups is 3. The summed E-state index contributed by atoms with van der Waals surface area (Å²) < 4.78 is 67.0. The maximum atomic E-state index is 12.7. The van der Waals surface area contributed by atoms with Gasteiger partial charge in [-0.25, -0.2) is 28.6 Å². The van der Waals surface area contributed by atoms with Crippen molar-refractivity contribution < 1.29 is 84.9 Å². The second kappa shape index (κ2) is 18.4. The molecule has 1 saturated heterocycles. The van der Waals surface area contributed by atoms with Crippen LogP contribution in [0.1, 0.15) is 37.1 Å². The molecule has 0 saturated carbocycles. The summed E-state index contributed by atoms with van der Waals surface area (Å²) in [7, 11) is -16.4. The van der Waals surface area contributed by atoms with Gasteiger partial charge in [0.15, 0.2) is 23.5 Å². The molecule has 4 rings (SSSR count). The number of anilines is 1. The van der Waals surface area contributed by atoms with Gasteiger partial charge in [0.1, 0.15) is 36.3 Å². The monoisotopic (exact) mass is 861 g/mol. The van der Waals surface area contributed by atoms with Crippen LogP contribution in [0, 0.1) is 5.41 Å². The second-order valence-corrected chi connectivity index (χ2v) is 17.5. The van der Waals surface area contributed by atoms with Crippen molar-refractivity contribution >= 4 is 69.1 Å². The quantitative estimate of drug-likeness (QED) is 0.0514. The maximum absolute atomic E-state index is 12.7. The molecule has 2 amide bonds. The number of furan rings is 1. The second-order valence-electron chi connectivity index (χ2n) is 12.2. The van der Waals surface area contributed by atoms with Crippen molar-refractivity contribution in [3.8, 4) is 0 Å². The molecule has 29 heteroatoms. The van der Waals surface area contributed by atoms with E-state index in [1.165, 1.54) is 26.2 Å². The number of phosphoric ester groups is 3. The summed E-state index contributed by atoms with van der Waals surface area (Å²) in [5.74, 6) is -1.08. The minimum Gasteiger partial charge on any atom is -0.460 e. The third-order valence-corrected chi connectivity index (χ3v) is 11.4. The zero-order valence-corrected chi connectivity index (χ0v) is 32.2. The van der Waals surface area contributed by atoms with Crippen LogP contribution in [-0.4, -0.2) is 123 Å². The van der Waals surface area contributed by atoms with Crippen LogP contribution in [0.15, 0.2) is 35.5 Å². The number of nitrogens with zero attached hydrogens (tertiary/aromatic N) is 4. The van der Waals surface area contributed by atoms with E-state index >= 15 is 0 Å². The van der Waals surface area contributed by atoms with E-state index in [1.54, 1.807) is 6.07 Å². The first-order valence-corrected chi connectivity index (χ1v) is 21.2. The van der Waals surface area contributed by atoms with Gasteiger partial charge in [-0.1, -0.05) is 25.6 Å². The van der Waals surface area contributed by atoms with Crippen LogP contribution in [0.5, 0.6) is 0 Å². The van der Waals surface area contributed by atoms with Gasteiger partial charge in [-0.2, -0.15) is 4.31 Å². The number of aliphatic hydroxyl groups is 2. The fourth-order valence-corrected chi connectivity index (χ4v) is 8.22. The molecule has 0 spiro atoms. The summed E-state index contributed by atoms with van der Waals surface area (Å²) in [6.07, 6.45) is -5.61. The fraction of sp³-hybridized carbons (Fsp3) is 0.538. The highest BCUT2D eigenvalue weighted by Crippen LogP contribution is 2.61. The van der Waals surface area contributed by atoms with Crippen LogP contribution in [0.25, 0.3) is 11.2 Å². The molecule has 3 unspecified atom stereocenters. The topological polar surface area (TPSA) is 377 Å². The van der Waals surface area contributed by atoms with Crippen molar-refractivity contribution in [2.75, 3.05) is 37.8 Å². The molecule has 7 atom stereocenters. The molecule has 1 fully saturated rings. The van der Waals surface area contributed by atoms with Gasteiger partial charge in [0.2, 0.25) is 11.8 Å². The molecule has 4 heterocycles. The third-order valence-electron chi connectivity index (χ3n) is 7.46. The van der Waals surface area contributed by atoms with Crippen LogP contribution in [-0.2, 0) is 45.9 Å². The number of aromatic nitrogens is 4. The molecular formula is C26H38N7O18P3S. The van der Waals surface area contributed by atoms with E-state index in [0.717, 1.165) is 29.0 Å². The fourth-order valence-electron chi connectivity index (χ4n) is 4.74. The number of aliphatic hydroxyl groups excluding tert-OH is 2. The molecule has 1 aliphatic heterocycles. The van der Waals surface area contributed by atoms with Gasteiger partial charge < -0.3 is 55.3 Å². The number of nitrogens with two attached hydrogens (primary N) is 1. The first-order valence-electron chi connectivity index (χ1n) is 15.7. The molecule has 0 aliphatic carbocycles. The summed E-state index contributed by atoms with van der Waals surface area (Å²) in [5, 5.41) is 26.0. The van der Waals surface area contributed by atoms with Gasteiger partial charge in [-0.15, -0.1) is 0 Å². The number of amides is 2. The van der Waals surface area contributed by atoms with Gasteiger partial charge >= 0.3 is 23.5 Å². The van der Waals surface area contributed by atoms with Gasteiger partial charge in [-0.3, -0.25) is 32.5 Å². The van der Waals surface area contributed by atoms with Crippen LogP contribution < -0.4 is 16.4 Å². The Balaban J connectivity index is 1.24. The van der Waals surface area contributed by atoms with E-state index in [0.29, 0.717) is 0 Å². The predicted molar refractivity (Wildman–Crippen MR) is 185 cm³/mol. The van der Waals surface area contributed by atoms with Crippen molar-refractivity contribution in [1.82, 2.24) is 30.2 Å². The first kappa shape index (κ1) is 44.6. The van der Waals surface area contributed by atoms with E-state index in [1.807, 2.05) is 0 Å². The number of fused-ring (bicyclic) bond motifs is 1. The minimum atomic E-state index is -5.57. The highest BCUT2D eigenvalue weighted by Gasteiger charge is 2.50.